The SMILES string of the molecule is N#Cc1c(NC(=O)CC[NH+]2CCCCCCC2)sc2c1CCCC2. The van der Waals surface area contributed by atoms with Gasteiger partial charge in [-0.05, 0) is 56.9 Å². The van der Waals surface area contributed by atoms with Crippen LogP contribution in [0.3, 0.4) is 0 Å². The maximum atomic E-state index is 12.4. The van der Waals surface area contributed by atoms with Crippen molar-refractivity contribution in [3.8, 4) is 6.07 Å². The lowest BCUT2D eigenvalue weighted by atomic mass is 9.96. The van der Waals surface area contributed by atoms with E-state index in [1.807, 2.05) is 0 Å². The second-order valence-electron chi connectivity index (χ2n) is 7.09. The summed E-state index contributed by atoms with van der Waals surface area (Å²) in [6, 6.07) is 2.32. The van der Waals surface area contributed by atoms with Crippen LogP contribution in [0.1, 0.15) is 67.4 Å². The number of carbonyl (C=O) groups is 1. The molecule has 1 aromatic rings. The van der Waals surface area contributed by atoms with E-state index in [2.05, 4.69) is 11.4 Å². The number of amides is 1. The molecule has 3 rings (SSSR count). The molecule has 0 saturated carbocycles. The van der Waals surface area contributed by atoms with Crippen molar-refractivity contribution < 1.29 is 9.69 Å². The van der Waals surface area contributed by atoms with Crippen molar-refractivity contribution in [1.29, 1.82) is 5.26 Å². The Balaban J connectivity index is 1.55. The number of nitriles is 1. The molecule has 0 atom stereocenters. The molecule has 2 aliphatic rings. The van der Waals surface area contributed by atoms with Crippen LogP contribution in [-0.2, 0) is 17.6 Å². The molecule has 2 heterocycles. The van der Waals surface area contributed by atoms with Gasteiger partial charge in [0.05, 0.1) is 31.6 Å². The minimum absolute atomic E-state index is 0.0691. The van der Waals surface area contributed by atoms with Crippen LogP contribution in [0.15, 0.2) is 0 Å². The maximum Gasteiger partial charge on any atom is 0.230 e. The lowest BCUT2D eigenvalue weighted by Crippen LogP contribution is -3.12. The zero-order valence-electron chi connectivity index (χ0n) is 14.5. The molecule has 1 aliphatic heterocycles. The fraction of sp³-hybridized carbons (Fsp3) is 0.684. The van der Waals surface area contributed by atoms with E-state index in [-0.39, 0.29) is 5.91 Å². The highest BCUT2D eigenvalue weighted by molar-refractivity contribution is 7.16. The van der Waals surface area contributed by atoms with Crippen LogP contribution in [0.4, 0.5) is 5.00 Å². The van der Waals surface area contributed by atoms with E-state index in [1.54, 1.807) is 16.2 Å². The monoisotopic (exact) mass is 346 g/mol. The summed E-state index contributed by atoms with van der Waals surface area (Å²) in [5, 5.41) is 13.3. The van der Waals surface area contributed by atoms with E-state index < -0.39 is 0 Å². The van der Waals surface area contributed by atoms with E-state index in [0.29, 0.717) is 6.42 Å². The quantitative estimate of drug-likeness (QED) is 0.881. The Hall–Kier alpha value is -1.38. The minimum atomic E-state index is 0.0691. The van der Waals surface area contributed by atoms with E-state index in [9.17, 15) is 10.1 Å². The molecule has 0 unspecified atom stereocenters. The largest absolute Gasteiger partial charge is 0.335 e. The molecule has 2 N–H and O–H groups in total. The molecule has 0 bridgehead atoms. The first kappa shape index (κ1) is 17.4. The third kappa shape index (κ3) is 4.37. The number of fused-ring (bicyclic) bond motifs is 1. The second-order valence-corrected chi connectivity index (χ2v) is 8.20. The molecule has 0 spiro atoms. The van der Waals surface area contributed by atoms with Gasteiger partial charge < -0.3 is 10.2 Å². The number of rotatable bonds is 4. The number of hydrogen-bond acceptors (Lipinski definition) is 3. The van der Waals surface area contributed by atoms with E-state index >= 15 is 0 Å². The Morgan fingerprint density at radius 2 is 1.79 bits per heavy atom. The fourth-order valence-electron chi connectivity index (χ4n) is 3.91. The normalized spacial score (nSPS) is 19.0. The Morgan fingerprint density at radius 3 is 2.54 bits per heavy atom. The maximum absolute atomic E-state index is 12.4. The number of carbonyl (C=O) groups excluding carboxylic acids is 1. The summed E-state index contributed by atoms with van der Waals surface area (Å²) in [4.78, 5) is 15.2. The first-order valence-corrected chi connectivity index (χ1v) is 10.3. The fourth-order valence-corrected chi connectivity index (χ4v) is 5.16. The number of thiophene rings is 1. The molecule has 4 nitrogen and oxygen atoms in total. The zero-order chi connectivity index (χ0) is 16.8. The van der Waals surface area contributed by atoms with Crippen LogP contribution in [-0.4, -0.2) is 25.5 Å². The first-order chi connectivity index (χ1) is 11.8. The highest BCUT2D eigenvalue weighted by Crippen LogP contribution is 2.37. The van der Waals surface area contributed by atoms with Crippen LogP contribution >= 0.6 is 11.3 Å². The smallest absolute Gasteiger partial charge is 0.230 e. The summed E-state index contributed by atoms with van der Waals surface area (Å²) in [7, 11) is 0. The van der Waals surface area contributed by atoms with Gasteiger partial charge in [0.15, 0.2) is 0 Å². The second kappa shape index (κ2) is 8.64. The van der Waals surface area contributed by atoms with E-state index in [0.717, 1.165) is 36.4 Å². The molecule has 1 saturated heterocycles. The van der Waals surface area contributed by atoms with Gasteiger partial charge in [-0.2, -0.15) is 5.26 Å². The summed E-state index contributed by atoms with van der Waals surface area (Å²) in [5.41, 5.74) is 1.92. The van der Waals surface area contributed by atoms with Gasteiger partial charge in [-0.1, -0.05) is 6.42 Å². The molecule has 24 heavy (non-hydrogen) atoms. The van der Waals surface area contributed by atoms with Crippen molar-refractivity contribution in [3.63, 3.8) is 0 Å². The Bertz CT molecular complexity index is 609. The number of hydrogen-bond donors (Lipinski definition) is 2. The van der Waals surface area contributed by atoms with Crippen molar-refractivity contribution in [1.82, 2.24) is 0 Å². The highest BCUT2D eigenvalue weighted by atomic mass is 32.1. The minimum Gasteiger partial charge on any atom is -0.335 e. The van der Waals surface area contributed by atoms with Crippen LogP contribution in [0.5, 0.6) is 0 Å². The number of anilines is 1. The summed E-state index contributed by atoms with van der Waals surface area (Å²) in [6.45, 7) is 3.31. The van der Waals surface area contributed by atoms with Crippen LogP contribution < -0.4 is 10.2 Å². The first-order valence-electron chi connectivity index (χ1n) is 9.46. The predicted octanol–water partition coefficient (Wildman–Crippen LogP) is 2.68. The van der Waals surface area contributed by atoms with Crippen molar-refractivity contribution in [2.45, 2.75) is 64.2 Å². The number of likely N-dealkylation sites (tertiary alicyclic amines) is 1. The average molecular weight is 347 g/mol. The molecule has 0 radical (unpaired) electrons. The van der Waals surface area contributed by atoms with E-state index in [4.69, 9.17) is 0 Å². The Labute approximate surface area is 148 Å². The van der Waals surface area contributed by atoms with Crippen LogP contribution in [0.25, 0.3) is 0 Å². The molecule has 5 heteroatoms. The lowest BCUT2D eigenvalue weighted by Gasteiger charge is -2.21. The third-order valence-corrected chi connectivity index (χ3v) is 6.51. The summed E-state index contributed by atoms with van der Waals surface area (Å²) >= 11 is 1.62. The van der Waals surface area contributed by atoms with Crippen LogP contribution in [0.2, 0.25) is 0 Å². The zero-order valence-corrected chi connectivity index (χ0v) is 15.3. The average Bonchev–Trinajstić information content (AvgIpc) is 2.90. The third-order valence-electron chi connectivity index (χ3n) is 5.30. The van der Waals surface area contributed by atoms with Crippen molar-refractivity contribution >= 4 is 22.2 Å². The number of quaternary nitrogens is 1. The van der Waals surface area contributed by atoms with Crippen LogP contribution in [0, 0.1) is 11.3 Å². The van der Waals surface area contributed by atoms with Gasteiger partial charge in [0.2, 0.25) is 5.91 Å². The highest BCUT2D eigenvalue weighted by Gasteiger charge is 2.22. The topological polar surface area (TPSA) is 57.3 Å². The van der Waals surface area contributed by atoms with Gasteiger partial charge in [-0.3, -0.25) is 4.79 Å². The molecule has 0 aromatic carbocycles. The number of nitrogens with zero attached hydrogens (tertiary/aromatic N) is 1. The molecule has 1 aliphatic carbocycles. The summed E-state index contributed by atoms with van der Waals surface area (Å²) < 4.78 is 0. The van der Waals surface area contributed by atoms with Crippen molar-refractivity contribution in [2.24, 2.45) is 0 Å². The molecule has 130 valence electrons. The summed E-state index contributed by atoms with van der Waals surface area (Å²) in [5.74, 6) is 0.0691. The molecule has 1 fully saturated rings. The molecule has 1 aromatic heterocycles. The van der Waals surface area contributed by atoms with Gasteiger partial charge in [0.25, 0.3) is 0 Å². The van der Waals surface area contributed by atoms with Crippen molar-refractivity contribution in [2.75, 3.05) is 25.0 Å². The van der Waals surface area contributed by atoms with Gasteiger partial charge in [-0.25, -0.2) is 0 Å². The standard InChI is InChI=1S/C19H27N3OS/c20-14-16-15-8-4-5-9-17(15)24-19(16)21-18(23)10-13-22-11-6-2-1-3-7-12-22/h1-13H2,(H,21,23)/p+1. The Kier molecular flexibility index (Phi) is 6.28. The molecule has 1 amide bonds. The lowest BCUT2D eigenvalue weighted by molar-refractivity contribution is -0.900. The number of nitrogens with one attached hydrogen (secondary N) is 2. The van der Waals surface area contributed by atoms with Gasteiger partial charge in [0.1, 0.15) is 11.1 Å². The van der Waals surface area contributed by atoms with Gasteiger partial charge in [0, 0.05) is 4.88 Å². The summed E-state index contributed by atoms with van der Waals surface area (Å²) in [6.07, 6.45) is 11.6. The molecular formula is C19H28N3OS+. The Morgan fingerprint density at radius 1 is 1.08 bits per heavy atom. The van der Waals surface area contributed by atoms with Gasteiger partial charge >= 0.3 is 0 Å². The van der Waals surface area contributed by atoms with Crippen molar-refractivity contribution in [3.05, 3.63) is 16.0 Å². The predicted molar refractivity (Wildman–Crippen MR) is 97.6 cm³/mol. The van der Waals surface area contributed by atoms with Gasteiger partial charge in [-0.15, -0.1) is 11.3 Å². The van der Waals surface area contributed by atoms with E-state index in [1.165, 1.54) is 62.1 Å². The molecular weight excluding hydrogens is 318 g/mol. The number of aryl methyl sites for hydroxylation is 1.